The molecule has 1 aliphatic rings. The van der Waals surface area contributed by atoms with Gasteiger partial charge in [-0.1, -0.05) is 6.07 Å². The number of benzene rings is 1. The molecule has 1 aliphatic heterocycles. The van der Waals surface area contributed by atoms with Gasteiger partial charge in [-0.3, -0.25) is 4.79 Å². The number of piperazine rings is 1. The number of nitrogens with zero attached hydrogens (tertiary/aromatic N) is 3. The second-order valence-electron chi connectivity index (χ2n) is 6.17. The molecule has 0 radical (unpaired) electrons. The van der Waals surface area contributed by atoms with Gasteiger partial charge < -0.3 is 9.32 Å². The lowest BCUT2D eigenvalue weighted by Crippen LogP contribution is -2.50. The number of furan rings is 1. The maximum atomic E-state index is 13.4. The van der Waals surface area contributed by atoms with Crippen molar-refractivity contribution in [2.24, 2.45) is 0 Å². The first kappa shape index (κ1) is 18.8. The van der Waals surface area contributed by atoms with Crippen LogP contribution >= 0.6 is 11.3 Å². The molecule has 0 saturated carbocycles. The predicted molar refractivity (Wildman–Crippen MR) is 101 cm³/mol. The van der Waals surface area contributed by atoms with E-state index in [-0.39, 0.29) is 37.0 Å². The highest BCUT2D eigenvalue weighted by Gasteiger charge is 2.31. The fraction of sp³-hybridized carbons (Fsp3) is 0.222. The lowest BCUT2D eigenvalue weighted by molar-refractivity contribution is 0.0693. The first-order valence-electron chi connectivity index (χ1n) is 8.49. The first-order chi connectivity index (χ1) is 13.4. The number of halogens is 1. The molecular formula is C18H16FN3O4S2. The normalized spacial score (nSPS) is 15.7. The topological polar surface area (TPSA) is 83.7 Å². The van der Waals surface area contributed by atoms with Crippen molar-refractivity contribution in [3.05, 3.63) is 59.6 Å². The van der Waals surface area contributed by atoms with E-state index in [0.29, 0.717) is 16.5 Å². The van der Waals surface area contributed by atoms with Crippen LogP contribution in [0.4, 0.5) is 4.39 Å². The largest absolute Gasteiger partial charge is 0.462 e. The average molecular weight is 421 g/mol. The molecule has 1 fully saturated rings. The summed E-state index contributed by atoms with van der Waals surface area (Å²) in [4.78, 5) is 18.5. The summed E-state index contributed by atoms with van der Waals surface area (Å²) < 4.78 is 45.2. The van der Waals surface area contributed by atoms with Gasteiger partial charge in [0.15, 0.2) is 10.8 Å². The summed E-state index contributed by atoms with van der Waals surface area (Å²) in [6.45, 7) is 0.751. The van der Waals surface area contributed by atoms with Crippen molar-refractivity contribution in [1.82, 2.24) is 14.2 Å². The summed E-state index contributed by atoms with van der Waals surface area (Å²) >= 11 is 1.31. The number of rotatable bonds is 4. The molecular weight excluding hydrogens is 405 g/mol. The Kier molecular flexibility index (Phi) is 5.00. The monoisotopic (exact) mass is 421 g/mol. The van der Waals surface area contributed by atoms with Crippen molar-refractivity contribution in [1.29, 1.82) is 0 Å². The van der Waals surface area contributed by atoms with Crippen LogP contribution in [-0.2, 0) is 10.0 Å². The van der Waals surface area contributed by atoms with Crippen LogP contribution in [0.3, 0.4) is 0 Å². The summed E-state index contributed by atoms with van der Waals surface area (Å²) in [5, 5.41) is 2.27. The molecule has 2 aromatic heterocycles. The third kappa shape index (κ3) is 3.58. The standard InChI is InChI=1S/C18H16FN3O4S2/c19-13-3-1-4-14(11-13)28(24,25)22-8-6-21(7-9-22)18(23)15-12-27-17(20-15)16-5-2-10-26-16/h1-5,10-12H,6-9H2. The molecule has 10 heteroatoms. The number of amides is 1. The molecule has 0 spiro atoms. The minimum Gasteiger partial charge on any atom is -0.462 e. The van der Waals surface area contributed by atoms with Crippen molar-refractivity contribution < 1.29 is 22.0 Å². The van der Waals surface area contributed by atoms with Crippen LogP contribution in [0.15, 0.2) is 57.4 Å². The highest BCUT2D eigenvalue weighted by molar-refractivity contribution is 7.89. The Balaban J connectivity index is 1.43. The van der Waals surface area contributed by atoms with E-state index in [2.05, 4.69) is 4.98 Å². The summed E-state index contributed by atoms with van der Waals surface area (Å²) in [7, 11) is -3.79. The Bertz CT molecular complexity index is 1090. The van der Waals surface area contributed by atoms with Crippen molar-refractivity contribution in [2.45, 2.75) is 4.90 Å². The first-order valence-corrected chi connectivity index (χ1v) is 10.8. The molecule has 0 aliphatic carbocycles. The number of hydrogen-bond donors (Lipinski definition) is 0. The Labute approximate surface area is 165 Å². The van der Waals surface area contributed by atoms with Gasteiger partial charge in [-0.15, -0.1) is 11.3 Å². The SMILES string of the molecule is O=C(c1csc(-c2ccco2)n1)N1CCN(S(=O)(=O)c2cccc(F)c2)CC1. The maximum Gasteiger partial charge on any atom is 0.273 e. The Morgan fingerprint density at radius 2 is 1.93 bits per heavy atom. The zero-order valence-corrected chi connectivity index (χ0v) is 16.2. The van der Waals surface area contributed by atoms with Crippen molar-refractivity contribution in [3.8, 4) is 10.8 Å². The molecule has 1 amide bonds. The summed E-state index contributed by atoms with van der Waals surface area (Å²) in [5.74, 6) is -0.266. The molecule has 28 heavy (non-hydrogen) atoms. The van der Waals surface area contributed by atoms with E-state index in [0.717, 1.165) is 6.07 Å². The van der Waals surface area contributed by atoms with Crippen LogP contribution in [0.5, 0.6) is 0 Å². The van der Waals surface area contributed by atoms with E-state index >= 15 is 0 Å². The lowest BCUT2D eigenvalue weighted by atomic mass is 10.3. The van der Waals surface area contributed by atoms with Gasteiger partial charge in [-0.05, 0) is 30.3 Å². The Morgan fingerprint density at radius 3 is 2.61 bits per heavy atom. The zero-order valence-electron chi connectivity index (χ0n) is 14.6. The lowest BCUT2D eigenvalue weighted by Gasteiger charge is -2.33. The molecule has 1 saturated heterocycles. The fourth-order valence-electron chi connectivity index (χ4n) is 2.96. The van der Waals surface area contributed by atoms with Crippen LogP contribution in [0.25, 0.3) is 10.8 Å². The number of sulfonamides is 1. The maximum absolute atomic E-state index is 13.4. The second kappa shape index (κ2) is 7.46. The van der Waals surface area contributed by atoms with E-state index < -0.39 is 15.8 Å². The number of carbonyl (C=O) groups excluding carboxylic acids is 1. The quantitative estimate of drug-likeness (QED) is 0.647. The molecule has 0 N–H and O–H groups in total. The third-order valence-corrected chi connectivity index (χ3v) is 7.17. The molecule has 0 atom stereocenters. The molecule has 4 rings (SSSR count). The van der Waals surface area contributed by atoms with Gasteiger partial charge in [0.2, 0.25) is 10.0 Å². The fourth-order valence-corrected chi connectivity index (χ4v) is 5.17. The number of hydrogen-bond acceptors (Lipinski definition) is 6. The number of carbonyl (C=O) groups is 1. The highest BCUT2D eigenvalue weighted by Crippen LogP contribution is 2.25. The molecule has 3 aromatic rings. The van der Waals surface area contributed by atoms with E-state index in [9.17, 15) is 17.6 Å². The van der Waals surface area contributed by atoms with Crippen molar-refractivity contribution >= 4 is 27.3 Å². The zero-order chi connectivity index (χ0) is 19.7. The molecule has 7 nitrogen and oxygen atoms in total. The van der Waals surface area contributed by atoms with Gasteiger partial charge >= 0.3 is 0 Å². The Hall–Kier alpha value is -2.56. The van der Waals surface area contributed by atoms with E-state index in [1.165, 1.54) is 40.1 Å². The van der Waals surface area contributed by atoms with Gasteiger partial charge in [0, 0.05) is 31.6 Å². The van der Waals surface area contributed by atoms with Gasteiger partial charge in [-0.2, -0.15) is 4.31 Å². The molecule has 0 bridgehead atoms. The summed E-state index contributed by atoms with van der Waals surface area (Å²) in [6.07, 6.45) is 1.54. The highest BCUT2D eigenvalue weighted by atomic mass is 32.2. The summed E-state index contributed by atoms with van der Waals surface area (Å²) in [5.41, 5.74) is 0.304. The van der Waals surface area contributed by atoms with Crippen LogP contribution < -0.4 is 0 Å². The van der Waals surface area contributed by atoms with Gasteiger partial charge in [0.25, 0.3) is 5.91 Å². The van der Waals surface area contributed by atoms with Crippen LogP contribution in [-0.4, -0.2) is 54.7 Å². The molecule has 0 unspecified atom stereocenters. The second-order valence-corrected chi connectivity index (χ2v) is 8.96. The molecule has 1 aromatic carbocycles. The molecule has 3 heterocycles. The van der Waals surface area contributed by atoms with Gasteiger partial charge in [0.05, 0.1) is 11.2 Å². The van der Waals surface area contributed by atoms with E-state index in [1.807, 2.05) is 0 Å². The van der Waals surface area contributed by atoms with Crippen LogP contribution in [0, 0.1) is 5.82 Å². The van der Waals surface area contributed by atoms with Crippen LogP contribution in [0.1, 0.15) is 10.5 Å². The number of thiazole rings is 1. The molecule has 146 valence electrons. The smallest absolute Gasteiger partial charge is 0.273 e. The average Bonchev–Trinajstić information content (AvgIpc) is 3.39. The number of aromatic nitrogens is 1. The van der Waals surface area contributed by atoms with Gasteiger partial charge in [0.1, 0.15) is 11.5 Å². The Morgan fingerprint density at radius 1 is 1.14 bits per heavy atom. The van der Waals surface area contributed by atoms with Crippen LogP contribution in [0.2, 0.25) is 0 Å². The summed E-state index contributed by atoms with van der Waals surface area (Å²) in [6, 6.07) is 8.43. The van der Waals surface area contributed by atoms with Crippen molar-refractivity contribution in [3.63, 3.8) is 0 Å². The minimum atomic E-state index is -3.79. The minimum absolute atomic E-state index is 0.0881. The predicted octanol–water partition coefficient (Wildman–Crippen LogP) is 2.69. The third-order valence-electron chi connectivity index (χ3n) is 4.41. The van der Waals surface area contributed by atoms with E-state index in [1.54, 1.807) is 22.4 Å². The van der Waals surface area contributed by atoms with Crippen molar-refractivity contribution in [2.75, 3.05) is 26.2 Å². The van der Waals surface area contributed by atoms with Gasteiger partial charge in [-0.25, -0.2) is 17.8 Å². The van der Waals surface area contributed by atoms with E-state index in [4.69, 9.17) is 4.42 Å².